The van der Waals surface area contributed by atoms with Crippen molar-refractivity contribution >= 4 is 26.5 Å². The topological polar surface area (TPSA) is 90.2 Å². The van der Waals surface area contributed by atoms with Crippen molar-refractivity contribution in [3.05, 3.63) is 66.5 Å². The first-order valence-corrected chi connectivity index (χ1v) is 10.3. The Morgan fingerprint density at radius 3 is 2.47 bits per heavy atom. The van der Waals surface area contributed by atoms with E-state index in [-0.39, 0.29) is 23.0 Å². The van der Waals surface area contributed by atoms with Gasteiger partial charge >= 0.3 is 6.61 Å². The minimum Gasteiger partial charge on any atom is -0.435 e. The lowest BCUT2D eigenvalue weighted by molar-refractivity contribution is -0.0498. The van der Waals surface area contributed by atoms with Crippen LogP contribution in [-0.2, 0) is 16.6 Å². The van der Waals surface area contributed by atoms with Crippen LogP contribution in [0.25, 0.3) is 16.5 Å². The van der Waals surface area contributed by atoms with Crippen LogP contribution in [-0.4, -0.2) is 35.2 Å². The van der Waals surface area contributed by atoms with Crippen molar-refractivity contribution in [1.82, 2.24) is 20.2 Å². The lowest BCUT2D eigenvalue weighted by Crippen LogP contribution is -2.28. The summed E-state index contributed by atoms with van der Waals surface area (Å²) in [7, 11) is -3.77. The van der Waals surface area contributed by atoms with Gasteiger partial charge in [-0.05, 0) is 52.2 Å². The summed E-state index contributed by atoms with van der Waals surface area (Å²) in [5.41, 5.74) is 1.03. The fraction of sp³-hybridized carbons (Fsp3) is 0.105. The average molecular weight is 429 g/mol. The van der Waals surface area contributed by atoms with E-state index in [0.717, 1.165) is 5.39 Å². The van der Waals surface area contributed by atoms with Crippen molar-refractivity contribution in [2.45, 2.75) is 18.1 Å². The Bertz CT molecular complexity index is 1350. The zero-order valence-electron chi connectivity index (χ0n) is 15.2. The normalized spacial score (nSPS) is 14.6. The molecule has 0 spiro atoms. The molecule has 1 aliphatic heterocycles. The molecule has 0 radical (unpaired) electrons. The molecule has 8 nitrogen and oxygen atoms in total. The van der Waals surface area contributed by atoms with E-state index in [1.165, 1.54) is 33.3 Å². The van der Waals surface area contributed by atoms with Gasteiger partial charge in [0.25, 0.3) is 10.0 Å². The fourth-order valence-corrected chi connectivity index (χ4v) is 5.20. The molecular formula is C19H13F2N5O3S. The monoisotopic (exact) mass is 429 g/mol. The summed E-state index contributed by atoms with van der Waals surface area (Å²) >= 11 is 0. The third-order valence-corrected chi connectivity index (χ3v) is 6.61. The predicted octanol–water partition coefficient (Wildman–Crippen LogP) is 3.13. The van der Waals surface area contributed by atoms with E-state index in [2.05, 4.69) is 20.3 Å². The van der Waals surface area contributed by atoms with Crippen LogP contribution in [0.1, 0.15) is 5.82 Å². The summed E-state index contributed by atoms with van der Waals surface area (Å²) in [5.74, 6) is 0.263. The third kappa shape index (κ3) is 2.86. The molecule has 0 amide bonds. The van der Waals surface area contributed by atoms with E-state index in [4.69, 9.17) is 0 Å². The van der Waals surface area contributed by atoms with Gasteiger partial charge in [-0.25, -0.2) is 8.42 Å². The number of halogens is 2. The van der Waals surface area contributed by atoms with Crippen molar-refractivity contribution in [3.8, 4) is 11.4 Å². The second kappa shape index (κ2) is 6.73. The smallest absolute Gasteiger partial charge is 0.387 e. The Balaban J connectivity index is 1.52. The van der Waals surface area contributed by atoms with E-state index >= 15 is 0 Å². The Morgan fingerprint density at radius 2 is 1.73 bits per heavy atom. The summed E-state index contributed by atoms with van der Waals surface area (Å²) in [6.45, 7) is -3.03. The van der Waals surface area contributed by atoms with E-state index in [1.54, 1.807) is 24.3 Å². The third-order valence-electron chi connectivity index (χ3n) is 4.81. The van der Waals surface area contributed by atoms with Crippen LogP contribution in [0, 0.1) is 0 Å². The van der Waals surface area contributed by atoms with Crippen LogP contribution in [0.3, 0.4) is 0 Å². The number of alkyl halides is 2. The van der Waals surface area contributed by atoms with Gasteiger partial charge in [-0.3, -0.25) is 4.31 Å². The van der Waals surface area contributed by atoms with Crippen molar-refractivity contribution < 1.29 is 21.9 Å². The molecule has 3 aromatic carbocycles. The first kappa shape index (κ1) is 18.4. The molecule has 4 aromatic rings. The van der Waals surface area contributed by atoms with Gasteiger partial charge in [0.15, 0.2) is 5.82 Å². The van der Waals surface area contributed by atoms with Crippen LogP contribution in [0.5, 0.6) is 5.75 Å². The van der Waals surface area contributed by atoms with E-state index < -0.39 is 16.6 Å². The van der Waals surface area contributed by atoms with Gasteiger partial charge in [0, 0.05) is 5.39 Å². The quantitative estimate of drug-likeness (QED) is 0.484. The molecule has 0 saturated heterocycles. The lowest BCUT2D eigenvalue weighted by Gasteiger charge is -2.18. The second-order valence-electron chi connectivity index (χ2n) is 6.52. The largest absolute Gasteiger partial charge is 0.435 e. The Kier molecular flexibility index (Phi) is 4.13. The van der Waals surface area contributed by atoms with Crippen LogP contribution in [0.15, 0.2) is 65.6 Å². The van der Waals surface area contributed by atoms with E-state index in [0.29, 0.717) is 16.8 Å². The van der Waals surface area contributed by atoms with Crippen molar-refractivity contribution in [3.63, 3.8) is 0 Å². The number of anilines is 1. The summed E-state index contributed by atoms with van der Waals surface area (Å²) in [6.07, 6.45) is 0. The zero-order chi connectivity index (χ0) is 20.9. The summed E-state index contributed by atoms with van der Waals surface area (Å²) in [5, 5.41) is 13.0. The summed E-state index contributed by atoms with van der Waals surface area (Å²) in [4.78, 5) is 0.239. The fourth-order valence-electron chi connectivity index (χ4n) is 3.53. The van der Waals surface area contributed by atoms with Gasteiger partial charge < -0.3 is 4.74 Å². The Labute approximate surface area is 169 Å². The van der Waals surface area contributed by atoms with Gasteiger partial charge in [-0.15, -0.1) is 5.10 Å². The number of hydrogen-bond acceptors (Lipinski definition) is 6. The van der Waals surface area contributed by atoms with Gasteiger partial charge in [-0.1, -0.05) is 24.3 Å². The van der Waals surface area contributed by atoms with Gasteiger partial charge in [0.1, 0.15) is 5.75 Å². The maximum atomic E-state index is 13.1. The lowest BCUT2D eigenvalue weighted by atomic mass is 10.1. The van der Waals surface area contributed by atoms with Crippen molar-refractivity contribution in [2.24, 2.45) is 0 Å². The SMILES string of the molecule is O=S1(=O)c2cccc3cccc(c23)N1Cc1nnnn1-c1ccc(OC(F)F)cc1. The number of benzene rings is 3. The predicted molar refractivity (Wildman–Crippen MR) is 103 cm³/mol. The van der Waals surface area contributed by atoms with Gasteiger partial charge in [0.05, 0.1) is 22.8 Å². The Hall–Kier alpha value is -3.60. The van der Waals surface area contributed by atoms with Crippen molar-refractivity contribution in [2.75, 3.05) is 4.31 Å². The van der Waals surface area contributed by atoms with E-state index in [9.17, 15) is 17.2 Å². The Morgan fingerprint density at radius 1 is 1.00 bits per heavy atom. The number of ether oxygens (including phenoxy) is 1. The highest BCUT2D eigenvalue weighted by molar-refractivity contribution is 7.93. The second-order valence-corrected chi connectivity index (χ2v) is 8.35. The first-order chi connectivity index (χ1) is 14.4. The molecular weight excluding hydrogens is 416 g/mol. The number of hydrogen-bond donors (Lipinski definition) is 0. The van der Waals surface area contributed by atoms with Crippen LogP contribution < -0.4 is 9.04 Å². The maximum absolute atomic E-state index is 13.1. The molecule has 1 aliphatic rings. The zero-order valence-corrected chi connectivity index (χ0v) is 16.0. The molecule has 0 N–H and O–H groups in total. The molecule has 11 heteroatoms. The number of aromatic nitrogens is 4. The minimum absolute atomic E-state index is 0.00683. The number of rotatable bonds is 5. The molecule has 5 rings (SSSR count). The summed E-state index contributed by atoms with van der Waals surface area (Å²) < 4.78 is 57.9. The van der Waals surface area contributed by atoms with Crippen LogP contribution >= 0.6 is 0 Å². The number of nitrogens with zero attached hydrogens (tertiary/aromatic N) is 5. The minimum atomic E-state index is -3.77. The molecule has 0 bridgehead atoms. The molecule has 0 unspecified atom stereocenters. The molecule has 1 aromatic heterocycles. The molecule has 152 valence electrons. The highest BCUT2D eigenvalue weighted by Crippen LogP contribution is 2.42. The summed E-state index contributed by atoms with van der Waals surface area (Å²) in [6, 6.07) is 16.2. The van der Waals surface area contributed by atoms with Crippen molar-refractivity contribution in [1.29, 1.82) is 0 Å². The van der Waals surface area contributed by atoms with E-state index in [1.807, 2.05) is 12.1 Å². The van der Waals surface area contributed by atoms with Gasteiger partial charge in [0.2, 0.25) is 0 Å². The molecule has 30 heavy (non-hydrogen) atoms. The average Bonchev–Trinajstić information content (AvgIpc) is 3.27. The van der Waals surface area contributed by atoms with Crippen LogP contribution in [0.2, 0.25) is 0 Å². The molecule has 0 atom stereocenters. The maximum Gasteiger partial charge on any atom is 0.387 e. The number of sulfonamides is 1. The number of tetrazole rings is 1. The first-order valence-electron chi connectivity index (χ1n) is 8.82. The highest BCUT2D eigenvalue weighted by atomic mass is 32.2. The van der Waals surface area contributed by atoms with Gasteiger partial charge in [-0.2, -0.15) is 13.5 Å². The molecule has 2 heterocycles. The van der Waals surface area contributed by atoms with Crippen LogP contribution in [0.4, 0.5) is 14.5 Å². The molecule has 0 aliphatic carbocycles. The molecule has 0 saturated carbocycles. The highest BCUT2D eigenvalue weighted by Gasteiger charge is 2.36. The molecule has 0 fully saturated rings. The standard InChI is InChI=1S/C19H13F2N5O3S/c20-19(21)29-14-9-7-13(8-10-14)26-17(22-23-24-26)11-25-15-5-1-3-12-4-2-6-16(18(12)15)30(25,27)28/h1-10,19H,11H2.